The second kappa shape index (κ2) is 4.61. The van der Waals surface area contributed by atoms with E-state index in [0.717, 1.165) is 6.07 Å². The molecule has 0 radical (unpaired) electrons. The molecule has 2 nitrogen and oxygen atoms in total. The number of benzene rings is 1. The summed E-state index contributed by atoms with van der Waals surface area (Å²) < 4.78 is 49.9. The van der Waals surface area contributed by atoms with E-state index in [1.54, 1.807) is 0 Å². The van der Waals surface area contributed by atoms with Crippen LogP contribution in [-0.4, -0.2) is 12.8 Å². The summed E-state index contributed by atoms with van der Waals surface area (Å²) in [5.41, 5.74) is 3.88. The maximum Gasteiger partial charge on any atom is 0.419 e. The Morgan fingerprint density at radius 2 is 2.00 bits per heavy atom. The number of halogens is 4. The monoisotopic (exact) mass is 235 g/mol. The zero-order chi connectivity index (χ0) is 12.3. The summed E-state index contributed by atoms with van der Waals surface area (Å²) in [7, 11) is 0. The van der Waals surface area contributed by atoms with Crippen molar-refractivity contribution in [2.75, 3.05) is 6.54 Å². The van der Waals surface area contributed by atoms with Crippen LogP contribution in [0.1, 0.15) is 17.0 Å². The molecule has 0 fully saturated rings. The number of carbonyl (C=O) groups excluding carboxylic acids is 1. The van der Waals surface area contributed by atoms with Crippen LogP contribution < -0.4 is 5.73 Å². The molecule has 88 valence electrons. The van der Waals surface area contributed by atoms with Gasteiger partial charge in [0, 0.05) is 6.54 Å². The second-order valence-corrected chi connectivity index (χ2v) is 3.22. The largest absolute Gasteiger partial charge is 0.419 e. The number of hydrogen-bond acceptors (Lipinski definition) is 2. The van der Waals surface area contributed by atoms with Gasteiger partial charge in [0.15, 0.2) is 0 Å². The molecule has 0 aliphatic carbocycles. The Kier molecular flexibility index (Phi) is 3.64. The average Bonchev–Trinajstić information content (AvgIpc) is 2.20. The predicted molar refractivity (Wildman–Crippen MR) is 49.3 cm³/mol. The molecule has 0 bridgehead atoms. The fourth-order valence-corrected chi connectivity index (χ4v) is 1.26. The van der Waals surface area contributed by atoms with Gasteiger partial charge in [-0.05, 0) is 17.7 Å². The zero-order valence-electron chi connectivity index (χ0n) is 8.09. The van der Waals surface area contributed by atoms with Crippen LogP contribution in [0.3, 0.4) is 0 Å². The van der Waals surface area contributed by atoms with E-state index in [2.05, 4.69) is 0 Å². The average molecular weight is 235 g/mol. The number of alkyl halides is 3. The molecular weight excluding hydrogens is 226 g/mol. The molecule has 0 heterocycles. The molecule has 1 atom stereocenters. The first-order chi connectivity index (χ1) is 7.40. The molecule has 0 spiro atoms. The van der Waals surface area contributed by atoms with Gasteiger partial charge in [-0.3, -0.25) is 0 Å². The summed E-state index contributed by atoms with van der Waals surface area (Å²) in [6.07, 6.45) is -4.34. The Bertz CT molecular complexity index is 389. The summed E-state index contributed by atoms with van der Waals surface area (Å²) >= 11 is 0. The van der Waals surface area contributed by atoms with E-state index in [1.165, 1.54) is 0 Å². The first-order valence-electron chi connectivity index (χ1n) is 4.42. The lowest BCUT2D eigenvalue weighted by molar-refractivity contribution is -0.140. The standard InChI is InChI=1S/C10H9F4NO/c11-9-2-1-6(7(4-15)5-16)3-8(9)10(12,13)14/h1-3,5,7H,4,15H2. The lowest BCUT2D eigenvalue weighted by Crippen LogP contribution is -2.16. The molecule has 0 saturated carbocycles. The van der Waals surface area contributed by atoms with Crippen molar-refractivity contribution in [1.29, 1.82) is 0 Å². The minimum absolute atomic E-state index is 0.0613. The highest BCUT2D eigenvalue weighted by molar-refractivity contribution is 5.62. The van der Waals surface area contributed by atoms with E-state index in [9.17, 15) is 22.4 Å². The van der Waals surface area contributed by atoms with Crippen molar-refractivity contribution >= 4 is 6.29 Å². The smallest absolute Gasteiger partial charge is 0.329 e. The molecular formula is C10H9F4NO. The van der Waals surface area contributed by atoms with E-state index in [0.29, 0.717) is 18.4 Å². The fourth-order valence-electron chi connectivity index (χ4n) is 1.26. The van der Waals surface area contributed by atoms with Crippen LogP contribution in [0, 0.1) is 5.82 Å². The Morgan fingerprint density at radius 3 is 2.44 bits per heavy atom. The predicted octanol–water partition coefficient (Wildman–Crippen LogP) is 2.09. The van der Waals surface area contributed by atoms with Gasteiger partial charge in [0.2, 0.25) is 0 Å². The van der Waals surface area contributed by atoms with Gasteiger partial charge in [-0.2, -0.15) is 13.2 Å². The van der Waals surface area contributed by atoms with Gasteiger partial charge in [0.1, 0.15) is 12.1 Å². The van der Waals surface area contributed by atoms with E-state index in [4.69, 9.17) is 5.73 Å². The van der Waals surface area contributed by atoms with Gasteiger partial charge in [-0.1, -0.05) is 6.07 Å². The SMILES string of the molecule is NCC(C=O)c1ccc(F)c(C(F)(F)F)c1. The normalized spacial score (nSPS) is 13.6. The summed E-state index contributed by atoms with van der Waals surface area (Å²) in [5, 5.41) is 0. The topological polar surface area (TPSA) is 43.1 Å². The van der Waals surface area contributed by atoms with Gasteiger partial charge in [-0.25, -0.2) is 4.39 Å². The Labute approximate surface area is 89.1 Å². The van der Waals surface area contributed by atoms with Crippen LogP contribution in [0.4, 0.5) is 17.6 Å². The molecule has 0 aliphatic rings. The van der Waals surface area contributed by atoms with Gasteiger partial charge < -0.3 is 10.5 Å². The van der Waals surface area contributed by atoms with Crippen LogP contribution in [0.2, 0.25) is 0 Å². The van der Waals surface area contributed by atoms with Crippen LogP contribution in [0.25, 0.3) is 0 Å². The number of aldehydes is 1. The van der Waals surface area contributed by atoms with E-state index >= 15 is 0 Å². The summed E-state index contributed by atoms with van der Waals surface area (Å²) in [6, 6.07) is 2.42. The maximum absolute atomic E-state index is 12.9. The van der Waals surface area contributed by atoms with Crippen molar-refractivity contribution in [1.82, 2.24) is 0 Å². The van der Waals surface area contributed by atoms with Crippen molar-refractivity contribution < 1.29 is 22.4 Å². The highest BCUT2D eigenvalue weighted by Gasteiger charge is 2.34. The summed E-state index contributed by atoms with van der Waals surface area (Å²) in [4.78, 5) is 10.5. The van der Waals surface area contributed by atoms with Crippen molar-refractivity contribution in [3.63, 3.8) is 0 Å². The fraction of sp³-hybridized carbons (Fsp3) is 0.300. The minimum atomic E-state index is -4.78. The minimum Gasteiger partial charge on any atom is -0.329 e. The Morgan fingerprint density at radius 1 is 1.38 bits per heavy atom. The Hall–Kier alpha value is -1.43. The molecule has 1 unspecified atom stereocenters. The van der Waals surface area contributed by atoms with Crippen molar-refractivity contribution in [3.8, 4) is 0 Å². The summed E-state index contributed by atoms with van der Waals surface area (Å²) in [6.45, 7) is -0.119. The highest BCUT2D eigenvalue weighted by atomic mass is 19.4. The zero-order valence-corrected chi connectivity index (χ0v) is 8.09. The number of hydrogen-bond donors (Lipinski definition) is 1. The van der Waals surface area contributed by atoms with E-state index in [-0.39, 0.29) is 12.1 Å². The maximum atomic E-state index is 12.9. The van der Waals surface area contributed by atoms with Crippen molar-refractivity contribution in [2.45, 2.75) is 12.1 Å². The molecule has 0 amide bonds. The van der Waals surface area contributed by atoms with Crippen LogP contribution in [-0.2, 0) is 11.0 Å². The van der Waals surface area contributed by atoms with Crippen molar-refractivity contribution in [3.05, 3.63) is 35.1 Å². The third kappa shape index (κ3) is 2.57. The first kappa shape index (κ1) is 12.6. The molecule has 0 aliphatic heterocycles. The third-order valence-corrected chi connectivity index (χ3v) is 2.14. The van der Waals surface area contributed by atoms with Crippen LogP contribution in [0.15, 0.2) is 18.2 Å². The van der Waals surface area contributed by atoms with Gasteiger partial charge in [0.05, 0.1) is 11.5 Å². The second-order valence-electron chi connectivity index (χ2n) is 3.22. The van der Waals surface area contributed by atoms with Crippen LogP contribution in [0.5, 0.6) is 0 Å². The molecule has 0 saturated heterocycles. The summed E-state index contributed by atoms with van der Waals surface area (Å²) in [5.74, 6) is -2.21. The molecule has 2 N–H and O–H groups in total. The lowest BCUT2D eigenvalue weighted by Gasteiger charge is -2.12. The third-order valence-electron chi connectivity index (χ3n) is 2.14. The Balaban J connectivity index is 3.22. The van der Waals surface area contributed by atoms with E-state index < -0.39 is 23.5 Å². The number of rotatable bonds is 3. The molecule has 0 aromatic heterocycles. The number of carbonyl (C=O) groups is 1. The lowest BCUT2D eigenvalue weighted by atomic mass is 9.98. The number of nitrogens with two attached hydrogens (primary N) is 1. The highest BCUT2D eigenvalue weighted by Crippen LogP contribution is 2.32. The molecule has 1 aromatic rings. The van der Waals surface area contributed by atoms with Gasteiger partial charge in [-0.15, -0.1) is 0 Å². The molecule has 6 heteroatoms. The van der Waals surface area contributed by atoms with Gasteiger partial charge >= 0.3 is 6.18 Å². The molecule has 1 rings (SSSR count). The van der Waals surface area contributed by atoms with Crippen LogP contribution >= 0.6 is 0 Å². The van der Waals surface area contributed by atoms with Crippen molar-refractivity contribution in [2.24, 2.45) is 5.73 Å². The van der Waals surface area contributed by atoms with E-state index in [1.807, 2.05) is 0 Å². The molecule has 1 aromatic carbocycles. The first-order valence-corrected chi connectivity index (χ1v) is 4.42. The molecule has 16 heavy (non-hydrogen) atoms. The van der Waals surface area contributed by atoms with Gasteiger partial charge in [0.25, 0.3) is 0 Å². The quantitative estimate of drug-likeness (QED) is 0.643.